The number of benzene rings is 1. The lowest BCUT2D eigenvalue weighted by atomic mass is 9.90. The summed E-state index contributed by atoms with van der Waals surface area (Å²) in [7, 11) is -1.93. The second kappa shape index (κ2) is 6.77. The molecule has 1 aromatic rings. The molecule has 0 aliphatic heterocycles. The number of hydrogen-bond acceptors (Lipinski definition) is 4. The second-order valence-corrected chi connectivity index (χ2v) is 7.94. The molecule has 0 bridgehead atoms. The third-order valence-electron chi connectivity index (χ3n) is 3.56. The molecule has 0 heterocycles. The Balaban J connectivity index is 2.93. The van der Waals surface area contributed by atoms with Gasteiger partial charge in [0.05, 0.1) is 4.90 Å². The predicted molar refractivity (Wildman–Crippen MR) is 85.8 cm³/mol. The molecule has 0 aliphatic rings. The van der Waals surface area contributed by atoms with Gasteiger partial charge in [0.25, 0.3) is 0 Å². The van der Waals surface area contributed by atoms with E-state index < -0.39 is 10.0 Å². The van der Waals surface area contributed by atoms with Crippen molar-refractivity contribution in [1.82, 2.24) is 4.72 Å². The minimum atomic E-state index is -3.56. The third kappa shape index (κ3) is 4.98. The van der Waals surface area contributed by atoms with Gasteiger partial charge in [-0.05, 0) is 48.9 Å². The number of ether oxygens (including phenoxy) is 1. The molecule has 0 radical (unpaired) electrons. The highest BCUT2D eigenvalue weighted by Gasteiger charge is 2.24. The van der Waals surface area contributed by atoms with Crippen molar-refractivity contribution < 1.29 is 13.2 Å². The number of nitrogens with two attached hydrogens (primary N) is 1. The lowest BCUT2D eigenvalue weighted by molar-refractivity contribution is 0.153. The van der Waals surface area contributed by atoms with Crippen molar-refractivity contribution in [3.05, 3.63) is 23.3 Å². The maximum absolute atomic E-state index is 12.5. The van der Waals surface area contributed by atoms with Crippen molar-refractivity contribution in [3.8, 4) is 0 Å². The van der Waals surface area contributed by atoms with Crippen LogP contribution in [0, 0.1) is 19.3 Å². The summed E-state index contributed by atoms with van der Waals surface area (Å²) < 4.78 is 32.7. The Morgan fingerprint density at radius 3 is 2.48 bits per heavy atom. The van der Waals surface area contributed by atoms with E-state index in [0.29, 0.717) is 24.4 Å². The Morgan fingerprint density at radius 1 is 1.29 bits per heavy atom. The standard InChI is InChI=1S/C15H26N2O3S/c1-11-8-13(16)12(2)14(9-11)21(18,19)17-10-15(3,4)6-7-20-5/h8-9,17H,6-7,10,16H2,1-5H3. The van der Waals surface area contributed by atoms with Crippen molar-refractivity contribution >= 4 is 15.7 Å². The molecule has 21 heavy (non-hydrogen) atoms. The predicted octanol–water partition coefficient (Wildman–Crippen LogP) is 2.23. The van der Waals surface area contributed by atoms with Crippen LogP contribution in [0.2, 0.25) is 0 Å². The number of sulfonamides is 1. The summed E-state index contributed by atoms with van der Waals surface area (Å²) >= 11 is 0. The van der Waals surface area contributed by atoms with Crippen LogP contribution >= 0.6 is 0 Å². The largest absolute Gasteiger partial charge is 0.398 e. The molecule has 1 aromatic carbocycles. The van der Waals surface area contributed by atoms with Crippen molar-refractivity contribution in [2.75, 3.05) is 26.0 Å². The zero-order valence-electron chi connectivity index (χ0n) is 13.5. The molecule has 0 amide bonds. The first-order valence-electron chi connectivity index (χ1n) is 6.94. The maximum Gasteiger partial charge on any atom is 0.240 e. The Morgan fingerprint density at radius 2 is 1.90 bits per heavy atom. The van der Waals surface area contributed by atoms with Gasteiger partial charge in [0.2, 0.25) is 10.0 Å². The molecule has 0 aromatic heterocycles. The quantitative estimate of drug-likeness (QED) is 0.756. The first kappa shape index (κ1) is 17.9. The molecule has 5 nitrogen and oxygen atoms in total. The Hall–Kier alpha value is -1.11. The first-order valence-corrected chi connectivity index (χ1v) is 8.43. The van der Waals surface area contributed by atoms with E-state index in [-0.39, 0.29) is 10.3 Å². The average Bonchev–Trinajstić information content (AvgIpc) is 2.38. The normalized spacial score (nSPS) is 12.6. The molecule has 0 atom stereocenters. The zero-order chi connectivity index (χ0) is 16.3. The topological polar surface area (TPSA) is 81.4 Å². The zero-order valence-corrected chi connectivity index (χ0v) is 14.3. The molecular weight excluding hydrogens is 288 g/mol. The molecule has 0 spiro atoms. The van der Waals surface area contributed by atoms with E-state index in [4.69, 9.17) is 10.5 Å². The van der Waals surface area contributed by atoms with Crippen LogP contribution in [0.1, 0.15) is 31.4 Å². The lowest BCUT2D eigenvalue weighted by Gasteiger charge is -2.24. The van der Waals surface area contributed by atoms with Gasteiger partial charge < -0.3 is 10.5 Å². The SMILES string of the molecule is COCCC(C)(C)CNS(=O)(=O)c1cc(C)cc(N)c1C. The van der Waals surface area contributed by atoms with E-state index in [9.17, 15) is 8.42 Å². The fraction of sp³-hybridized carbons (Fsp3) is 0.600. The third-order valence-corrected chi connectivity index (χ3v) is 5.09. The molecule has 120 valence electrons. The van der Waals surface area contributed by atoms with E-state index in [1.807, 2.05) is 20.8 Å². The van der Waals surface area contributed by atoms with Gasteiger partial charge in [0.15, 0.2) is 0 Å². The van der Waals surface area contributed by atoms with Crippen LogP contribution < -0.4 is 10.5 Å². The van der Waals surface area contributed by atoms with Crippen molar-refractivity contribution in [1.29, 1.82) is 0 Å². The number of anilines is 1. The summed E-state index contributed by atoms with van der Waals surface area (Å²) in [5.41, 5.74) is 7.59. The highest BCUT2D eigenvalue weighted by molar-refractivity contribution is 7.89. The van der Waals surface area contributed by atoms with Crippen LogP contribution in [0.25, 0.3) is 0 Å². The van der Waals surface area contributed by atoms with Crippen LogP contribution in [0.15, 0.2) is 17.0 Å². The highest BCUT2D eigenvalue weighted by Crippen LogP contribution is 2.24. The van der Waals surface area contributed by atoms with Crippen LogP contribution in [0.3, 0.4) is 0 Å². The van der Waals surface area contributed by atoms with Crippen molar-refractivity contribution in [2.24, 2.45) is 5.41 Å². The van der Waals surface area contributed by atoms with Crippen molar-refractivity contribution in [2.45, 2.75) is 39.0 Å². The monoisotopic (exact) mass is 314 g/mol. The minimum Gasteiger partial charge on any atom is -0.398 e. The van der Waals surface area contributed by atoms with Gasteiger partial charge in [-0.15, -0.1) is 0 Å². The van der Waals surface area contributed by atoms with Crippen LogP contribution in [0.4, 0.5) is 5.69 Å². The van der Waals surface area contributed by atoms with E-state index in [2.05, 4.69) is 4.72 Å². The highest BCUT2D eigenvalue weighted by atomic mass is 32.2. The number of nitrogen functional groups attached to an aromatic ring is 1. The van der Waals surface area contributed by atoms with Gasteiger partial charge in [0.1, 0.15) is 0 Å². The Kier molecular flexibility index (Phi) is 5.78. The molecule has 0 fully saturated rings. The molecule has 0 unspecified atom stereocenters. The van der Waals surface area contributed by atoms with Gasteiger partial charge in [-0.2, -0.15) is 0 Å². The smallest absolute Gasteiger partial charge is 0.240 e. The Labute approximate surface area is 127 Å². The van der Waals surface area contributed by atoms with Crippen LogP contribution in [-0.2, 0) is 14.8 Å². The summed E-state index contributed by atoms with van der Waals surface area (Å²) in [5, 5.41) is 0. The van der Waals surface area contributed by atoms with E-state index >= 15 is 0 Å². The van der Waals surface area contributed by atoms with Crippen LogP contribution in [-0.4, -0.2) is 28.7 Å². The van der Waals surface area contributed by atoms with E-state index in [1.54, 1.807) is 26.2 Å². The molecule has 1 rings (SSSR count). The summed E-state index contributed by atoms with van der Waals surface area (Å²) in [6.45, 7) is 8.52. The summed E-state index contributed by atoms with van der Waals surface area (Å²) in [5.74, 6) is 0. The lowest BCUT2D eigenvalue weighted by Crippen LogP contribution is -2.35. The summed E-state index contributed by atoms with van der Waals surface area (Å²) in [6.07, 6.45) is 0.779. The molecule has 3 N–H and O–H groups in total. The van der Waals surface area contributed by atoms with Gasteiger partial charge in [0, 0.05) is 25.9 Å². The second-order valence-electron chi connectivity index (χ2n) is 6.21. The van der Waals surface area contributed by atoms with Gasteiger partial charge in [-0.3, -0.25) is 0 Å². The maximum atomic E-state index is 12.5. The number of aryl methyl sites for hydroxylation is 1. The summed E-state index contributed by atoms with van der Waals surface area (Å²) in [4.78, 5) is 0.252. The van der Waals surface area contributed by atoms with Crippen LogP contribution in [0.5, 0.6) is 0 Å². The van der Waals surface area contributed by atoms with Gasteiger partial charge in [-0.25, -0.2) is 13.1 Å². The van der Waals surface area contributed by atoms with Gasteiger partial charge >= 0.3 is 0 Å². The average molecular weight is 314 g/mol. The Bertz CT molecular complexity index is 595. The van der Waals surface area contributed by atoms with E-state index in [1.165, 1.54) is 0 Å². The molecule has 0 saturated carbocycles. The number of nitrogens with one attached hydrogen (secondary N) is 1. The fourth-order valence-corrected chi connectivity index (χ4v) is 3.56. The summed E-state index contributed by atoms with van der Waals surface area (Å²) in [6, 6.07) is 3.42. The number of rotatable bonds is 7. The van der Waals surface area contributed by atoms with E-state index in [0.717, 1.165) is 12.0 Å². The number of hydrogen-bond donors (Lipinski definition) is 2. The minimum absolute atomic E-state index is 0.174. The van der Waals surface area contributed by atoms with Gasteiger partial charge in [-0.1, -0.05) is 13.8 Å². The molecule has 0 aliphatic carbocycles. The number of methoxy groups -OCH3 is 1. The first-order chi connectivity index (χ1) is 9.59. The van der Waals surface area contributed by atoms with Crippen molar-refractivity contribution in [3.63, 3.8) is 0 Å². The molecular formula is C15H26N2O3S. The molecule has 6 heteroatoms. The molecule has 0 saturated heterocycles. The fourth-order valence-electron chi connectivity index (χ4n) is 1.97.